The van der Waals surface area contributed by atoms with Gasteiger partial charge in [-0.1, -0.05) is 0 Å². The van der Waals surface area contributed by atoms with Crippen molar-refractivity contribution >= 4 is 11.9 Å². The van der Waals surface area contributed by atoms with Crippen molar-refractivity contribution in [1.82, 2.24) is 0 Å². The highest BCUT2D eigenvalue weighted by Gasteiger charge is 2.43. The second-order valence-corrected chi connectivity index (χ2v) is 5.00. The number of aromatic hydroxyl groups is 1. The third-order valence-corrected chi connectivity index (χ3v) is 3.47. The molecule has 1 aromatic rings. The highest BCUT2D eigenvalue weighted by atomic mass is 16.6. The maximum Gasteiger partial charge on any atom is 0.270 e. The number of hydrogen-bond donors (Lipinski definition) is 5. The smallest absolute Gasteiger partial charge is 0.270 e. The molecule has 2 rings (SSSR count). The van der Waals surface area contributed by atoms with E-state index in [9.17, 15) is 30.5 Å². The molecule has 0 saturated carbocycles. The summed E-state index contributed by atoms with van der Waals surface area (Å²) in [7, 11) is 0. The van der Waals surface area contributed by atoms with E-state index in [0.717, 1.165) is 24.4 Å². The van der Waals surface area contributed by atoms with Crippen molar-refractivity contribution in [3.05, 3.63) is 33.9 Å². The quantitative estimate of drug-likeness (QED) is 0.253. The van der Waals surface area contributed by atoms with Gasteiger partial charge in [0.25, 0.3) is 5.69 Å². The number of non-ortho nitro benzene ring substituents is 1. The highest BCUT2D eigenvalue weighted by Crippen LogP contribution is 2.24. The van der Waals surface area contributed by atoms with Gasteiger partial charge in [0.05, 0.1) is 11.5 Å². The van der Waals surface area contributed by atoms with E-state index >= 15 is 0 Å². The molecule has 1 fully saturated rings. The molecule has 0 aromatic heterocycles. The predicted molar refractivity (Wildman–Crippen MR) is 76.1 cm³/mol. The third-order valence-electron chi connectivity index (χ3n) is 3.47. The van der Waals surface area contributed by atoms with Crippen molar-refractivity contribution in [2.45, 2.75) is 30.6 Å². The minimum atomic E-state index is -1.59. The molecule has 0 amide bonds. The monoisotopic (exact) mass is 328 g/mol. The van der Waals surface area contributed by atoms with Gasteiger partial charge in [-0.25, -0.2) is 0 Å². The van der Waals surface area contributed by atoms with Crippen LogP contribution in [0.5, 0.6) is 5.75 Å². The molecule has 1 aromatic carbocycles. The standard InChI is InChI=1S/C13H16N2O8/c16-5-9-11(18)12(19)10(13(20)23-9)14-4-6-3-7(15(21)22)1-2-8(6)17/h1-4,9-13,16-20H,5H2. The van der Waals surface area contributed by atoms with Gasteiger partial charge in [-0.3, -0.25) is 15.1 Å². The number of aliphatic imine (C=N–C) groups is 1. The molecule has 1 saturated heterocycles. The molecular weight excluding hydrogens is 312 g/mol. The first-order chi connectivity index (χ1) is 10.8. The van der Waals surface area contributed by atoms with Crippen LogP contribution < -0.4 is 0 Å². The predicted octanol–water partition coefficient (Wildman–Crippen LogP) is -1.48. The van der Waals surface area contributed by atoms with E-state index in [0.29, 0.717) is 0 Å². The van der Waals surface area contributed by atoms with Crippen molar-refractivity contribution in [3.8, 4) is 5.75 Å². The number of aliphatic hydroxyl groups excluding tert-OH is 4. The Morgan fingerprint density at radius 1 is 1.30 bits per heavy atom. The molecule has 5 atom stereocenters. The van der Waals surface area contributed by atoms with Crippen molar-refractivity contribution in [3.63, 3.8) is 0 Å². The Kier molecular flexibility index (Phi) is 5.23. The van der Waals surface area contributed by atoms with Crippen molar-refractivity contribution < 1.29 is 35.2 Å². The minimum Gasteiger partial charge on any atom is -0.507 e. The lowest BCUT2D eigenvalue weighted by Crippen LogP contribution is -2.57. The Balaban J connectivity index is 2.22. The van der Waals surface area contributed by atoms with Crippen LogP contribution in [0.15, 0.2) is 23.2 Å². The van der Waals surface area contributed by atoms with Crippen LogP contribution in [-0.2, 0) is 4.74 Å². The first-order valence-corrected chi connectivity index (χ1v) is 6.66. The molecule has 10 heteroatoms. The Hall–Kier alpha value is -2.11. The summed E-state index contributed by atoms with van der Waals surface area (Å²) in [5, 5.41) is 58.7. The number of hydrogen-bond acceptors (Lipinski definition) is 9. The van der Waals surface area contributed by atoms with Gasteiger partial charge in [-0.2, -0.15) is 0 Å². The number of aliphatic hydroxyl groups is 4. The van der Waals surface area contributed by atoms with Crippen LogP contribution in [-0.4, -0.2) is 73.9 Å². The normalized spacial score (nSPS) is 31.4. The molecule has 0 spiro atoms. The zero-order chi connectivity index (χ0) is 17.1. The number of phenols is 1. The second-order valence-electron chi connectivity index (χ2n) is 5.00. The largest absolute Gasteiger partial charge is 0.507 e. The minimum absolute atomic E-state index is 0.00243. The SMILES string of the molecule is O=[N+]([O-])c1ccc(O)c(C=NC2C(O)OC(CO)C(O)C2O)c1. The van der Waals surface area contributed by atoms with Crippen molar-refractivity contribution in [1.29, 1.82) is 0 Å². The van der Waals surface area contributed by atoms with Gasteiger partial charge in [-0.15, -0.1) is 0 Å². The molecule has 0 radical (unpaired) electrons. The Labute approximate surface area is 130 Å². The van der Waals surface area contributed by atoms with Gasteiger partial charge in [0, 0.05) is 23.9 Å². The maximum atomic E-state index is 10.7. The molecule has 10 nitrogen and oxygen atoms in total. The fraction of sp³-hybridized carbons (Fsp3) is 0.462. The molecule has 1 aliphatic rings. The first-order valence-electron chi connectivity index (χ1n) is 6.66. The number of nitro groups is 1. The summed E-state index contributed by atoms with van der Waals surface area (Å²) in [6.07, 6.45) is -4.72. The molecule has 0 bridgehead atoms. The van der Waals surface area contributed by atoms with E-state index in [2.05, 4.69) is 4.99 Å². The molecule has 23 heavy (non-hydrogen) atoms. The van der Waals surface area contributed by atoms with Crippen LogP contribution >= 0.6 is 0 Å². The van der Waals surface area contributed by atoms with Crippen LogP contribution in [0.3, 0.4) is 0 Å². The average molecular weight is 328 g/mol. The van der Waals surface area contributed by atoms with Crippen LogP contribution in [0.2, 0.25) is 0 Å². The van der Waals surface area contributed by atoms with E-state index in [-0.39, 0.29) is 17.0 Å². The summed E-state index contributed by atoms with van der Waals surface area (Å²) in [5.74, 6) is -0.283. The lowest BCUT2D eigenvalue weighted by molar-refractivity contribution is -0.384. The molecule has 1 heterocycles. The number of nitrogens with zero attached hydrogens (tertiary/aromatic N) is 2. The average Bonchev–Trinajstić information content (AvgIpc) is 2.52. The van der Waals surface area contributed by atoms with Crippen LogP contribution in [0, 0.1) is 10.1 Å². The first kappa shape index (κ1) is 17.2. The van der Waals surface area contributed by atoms with Gasteiger partial charge < -0.3 is 30.3 Å². The van der Waals surface area contributed by atoms with Gasteiger partial charge in [0.15, 0.2) is 6.29 Å². The second kappa shape index (κ2) is 6.98. The summed E-state index contributed by atoms with van der Waals surface area (Å²) in [6, 6.07) is 2.00. The summed E-state index contributed by atoms with van der Waals surface area (Å²) in [6.45, 7) is -0.600. The van der Waals surface area contributed by atoms with Gasteiger partial charge in [0.2, 0.25) is 0 Å². The molecule has 0 aliphatic carbocycles. The zero-order valence-electron chi connectivity index (χ0n) is 11.8. The number of nitro benzene ring substituents is 1. The fourth-order valence-electron chi connectivity index (χ4n) is 2.17. The van der Waals surface area contributed by atoms with Crippen molar-refractivity contribution in [2.24, 2.45) is 4.99 Å². The molecule has 5 unspecified atom stereocenters. The number of rotatable bonds is 4. The van der Waals surface area contributed by atoms with Gasteiger partial charge in [0.1, 0.15) is 30.1 Å². The summed E-state index contributed by atoms with van der Waals surface area (Å²) < 4.78 is 4.92. The number of ether oxygens (including phenoxy) is 1. The summed E-state index contributed by atoms with van der Waals surface area (Å²) in [4.78, 5) is 13.9. The molecule has 126 valence electrons. The molecule has 1 aliphatic heterocycles. The van der Waals surface area contributed by atoms with E-state index in [1.807, 2.05) is 0 Å². The lowest BCUT2D eigenvalue weighted by Gasteiger charge is -2.38. The van der Waals surface area contributed by atoms with E-state index in [1.165, 1.54) is 0 Å². The molecule has 5 N–H and O–H groups in total. The Bertz CT molecular complexity index is 608. The highest BCUT2D eigenvalue weighted by molar-refractivity contribution is 5.84. The Morgan fingerprint density at radius 3 is 2.61 bits per heavy atom. The maximum absolute atomic E-state index is 10.7. The number of benzene rings is 1. The van der Waals surface area contributed by atoms with E-state index in [4.69, 9.17) is 9.84 Å². The van der Waals surface area contributed by atoms with E-state index in [1.54, 1.807) is 0 Å². The fourth-order valence-corrected chi connectivity index (χ4v) is 2.17. The number of phenolic OH excluding ortho intramolecular Hbond substituents is 1. The lowest BCUT2D eigenvalue weighted by atomic mass is 9.97. The third kappa shape index (κ3) is 3.63. The molecular formula is C13H16N2O8. The van der Waals surface area contributed by atoms with Crippen LogP contribution in [0.1, 0.15) is 5.56 Å². The zero-order valence-corrected chi connectivity index (χ0v) is 11.8. The van der Waals surface area contributed by atoms with Crippen LogP contribution in [0.4, 0.5) is 5.69 Å². The summed E-state index contributed by atoms with van der Waals surface area (Å²) >= 11 is 0. The van der Waals surface area contributed by atoms with E-state index < -0.39 is 42.2 Å². The topological polar surface area (TPSA) is 166 Å². The van der Waals surface area contributed by atoms with Crippen molar-refractivity contribution in [2.75, 3.05) is 6.61 Å². The summed E-state index contributed by atoms with van der Waals surface area (Å²) in [5.41, 5.74) is -0.275. The Morgan fingerprint density at radius 2 is 2.00 bits per heavy atom. The van der Waals surface area contributed by atoms with Crippen LogP contribution in [0.25, 0.3) is 0 Å². The van der Waals surface area contributed by atoms with Gasteiger partial charge in [-0.05, 0) is 6.07 Å². The van der Waals surface area contributed by atoms with Gasteiger partial charge >= 0.3 is 0 Å².